The van der Waals surface area contributed by atoms with E-state index in [1.807, 2.05) is 0 Å². The van der Waals surface area contributed by atoms with Crippen LogP contribution in [-0.2, 0) is 9.59 Å². The van der Waals surface area contributed by atoms with Crippen LogP contribution in [0.5, 0.6) is 0 Å². The number of aliphatic hydroxyl groups is 2. The van der Waals surface area contributed by atoms with Crippen molar-refractivity contribution >= 4 is 11.9 Å². The Morgan fingerprint density at radius 1 is 1.25 bits per heavy atom. The molecule has 0 saturated heterocycles. The van der Waals surface area contributed by atoms with Crippen molar-refractivity contribution in [3.05, 3.63) is 0 Å². The van der Waals surface area contributed by atoms with Gasteiger partial charge in [0.2, 0.25) is 0 Å². The second-order valence-corrected chi connectivity index (χ2v) is 2.29. The molecule has 0 spiro atoms. The van der Waals surface area contributed by atoms with Gasteiger partial charge in [-0.2, -0.15) is 0 Å². The number of aliphatic carboxylic acids is 2. The van der Waals surface area contributed by atoms with Gasteiger partial charge in [-0.3, -0.25) is 9.59 Å². The molecule has 6 heteroatoms. The standard InChI is InChI=1S/C6H10O6/c7-2-4(8)3(6(11)12)1-5(9)10/h3-4,7-8H,1-2H2,(H,9,10)(H,11,12). The number of hydrogen-bond acceptors (Lipinski definition) is 4. The predicted octanol–water partition coefficient (Wildman–Crippen LogP) is -1.48. The Labute approximate surface area is 68.1 Å². The maximum Gasteiger partial charge on any atom is 0.309 e. The Kier molecular flexibility index (Phi) is 4.24. The van der Waals surface area contributed by atoms with Crippen LogP contribution in [-0.4, -0.2) is 45.1 Å². The van der Waals surface area contributed by atoms with Crippen LogP contribution in [0.4, 0.5) is 0 Å². The highest BCUT2D eigenvalue weighted by atomic mass is 16.4. The van der Waals surface area contributed by atoms with E-state index in [0.717, 1.165) is 0 Å². The van der Waals surface area contributed by atoms with Gasteiger partial charge in [0.05, 0.1) is 25.0 Å². The van der Waals surface area contributed by atoms with E-state index in [-0.39, 0.29) is 0 Å². The van der Waals surface area contributed by atoms with Crippen LogP contribution in [0.3, 0.4) is 0 Å². The van der Waals surface area contributed by atoms with Crippen molar-refractivity contribution < 1.29 is 30.0 Å². The normalized spacial score (nSPS) is 15.2. The molecule has 0 heterocycles. The molecular formula is C6H10O6. The van der Waals surface area contributed by atoms with Crippen molar-refractivity contribution in [2.45, 2.75) is 12.5 Å². The Balaban J connectivity index is 4.22. The fourth-order valence-corrected chi connectivity index (χ4v) is 0.703. The average Bonchev–Trinajstić information content (AvgIpc) is 1.98. The van der Waals surface area contributed by atoms with Crippen molar-refractivity contribution in [2.75, 3.05) is 6.61 Å². The quantitative estimate of drug-likeness (QED) is 0.408. The SMILES string of the molecule is O=C(O)CC(C(=O)O)C(O)CO. The van der Waals surface area contributed by atoms with Gasteiger partial charge in [-0.25, -0.2) is 0 Å². The van der Waals surface area contributed by atoms with Crippen LogP contribution in [0.15, 0.2) is 0 Å². The molecule has 0 aliphatic rings. The van der Waals surface area contributed by atoms with Crippen LogP contribution < -0.4 is 0 Å². The van der Waals surface area contributed by atoms with Crippen molar-refractivity contribution in [2.24, 2.45) is 5.92 Å². The van der Waals surface area contributed by atoms with E-state index in [0.29, 0.717) is 0 Å². The summed E-state index contributed by atoms with van der Waals surface area (Å²) in [5, 5.41) is 33.8. The topological polar surface area (TPSA) is 115 Å². The summed E-state index contributed by atoms with van der Waals surface area (Å²) in [4.78, 5) is 20.4. The van der Waals surface area contributed by atoms with Gasteiger partial charge < -0.3 is 20.4 Å². The highest BCUT2D eigenvalue weighted by Gasteiger charge is 2.28. The molecule has 12 heavy (non-hydrogen) atoms. The fourth-order valence-electron chi connectivity index (χ4n) is 0.703. The van der Waals surface area contributed by atoms with Gasteiger partial charge in [-0.05, 0) is 0 Å². The summed E-state index contributed by atoms with van der Waals surface area (Å²) >= 11 is 0. The van der Waals surface area contributed by atoms with E-state index < -0.39 is 37.0 Å². The Bertz CT molecular complexity index is 177. The summed E-state index contributed by atoms with van der Waals surface area (Å²) in [7, 11) is 0. The third kappa shape index (κ3) is 3.31. The lowest BCUT2D eigenvalue weighted by atomic mass is 9.99. The molecule has 4 N–H and O–H groups in total. The first-order chi connectivity index (χ1) is 5.49. The van der Waals surface area contributed by atoms with Crippen molar-refractivity contribution in [3.63, 3.8) is 0 Å². The Hall–Kier alpha value is -1.14. The molecule has 0 radical (unpaired) electrons. The summed E-state index contributed by atoms with van der Waals surface area (Å²) in [5.41, 5.74) is 0. The van der Waals surface area contributed by atoms with Crippen LogP contribution in [0, 0.1) is 5.92 Å². The fraction of sp³-hybridized carbons (Fsp3) is 0.667. The Morgan fingerprint density at radius 3 is 2.00 bits per heavy atom. The van der Waals surface area contributed by atoms with Crippen molar-refractivity contribution in [3.8, 4) is 0 Å². The smallest absolute Gasteiger partial charge is 0.309 e. The van der Waals surface area contributed by atoms with Gasteiger partial charge >= 0.3 is 11.9 Å². The molecule has 0 amide bonds. The van der Waals surface area contributed by atoms with Gasteiger partial charge in [0.25, 0.3) is 0 Å². The van der Waals surface area contributed by atoms with E-state index in [1.165, 1.54) is 0 Å². The number of carbonyl (C=O) groups is 2. The van der Waals surface area contributed by atoms with Crippen LogP contribution in [0.2, 0.25) is 0 Å². The van der Waals surface area contributed by atoms with Crippen molar-refractivity contribution in [1.29, 1.82) is 0 Å². The number of carboxylic acids is 2. The van der Waals surface area contributed by atoms with Gasteiger partial charge in [-0.15, -0.1) is 0 Å². The van der Waals surface area contributed by atoms with Gasteiger partial charge in [-0.1, -0.05) is 0 Å². The third-order valence-corrected chi connectivity index (χ3v) is 1.36. The van der Waals surface area contributed by atoms with E-state index in [2.05, 4.69) is 0 Å². The minimum atomic E-state index is -1.53. The van der Waals surface area contributed by atoms with E-state index in [9.17, 15) is 9.59 Å². The minimum Gasteiger partial charge on any atom is -0.481 e. The number of hydrogen-bond donors (Lipinski definition) is 4. The molecule has 2 atom stereocenters. The zero-order valence-electron chi connectivity index (χ0n) is 6.17. The molecule has 70 valence electrons. The minimum absolute atomic E-state index is 0.697. The number of aliphatic hydroxyl groups excluding tert-OH is 2. The molecule has 2 unspecified atom stereocenters. The van der Waals surface area contributed by atoms with Crippen LogP contribution >= 0.6 is 0 Å². The van der Waals surface area contributed by atoms with Crippen LogP contribution in [0.1, 0.15) is 6.42 Å². The first-order valence-electron chi connectivity index (χ1n) is 3.22. The summed E-state index contributed by atoms with van der Waals surface area (Å²) in [6, 6.07) is 0. The summed E-state index contributed by atoms with van der Waals surface area (Å²) in [6.45, 7) is -0.760. The molecule has 0 aromatic rings. The molecule has 0 aromatic carbocycles. The molecule has 0 aliphatic heterocycles. The Morgan fingerprint density at radius 2 is 1.75 bits per heavy atom. The highest BCUT2D eigenvalue weighted by molar-refractivity contribution is 5.78. The largest absolute Gasteiger partial charge is 0.481 e. The zero-order chi connectivity index (χ0) is 9.72. The predicted molar refractivity (Wildman–Crippen MR) is 36.5 cm³/mol. The van der Waals surface area contributed by atoms with Gasteiger partial charge in [0.15, 0.2) is 0 Å². The zero-order valence-corrected chi connectivity index (χ0v) is 6.17. The molecule has 0 fully saturated rings. The molecule has 0 aromatic heterocycles. The second kappa shape index (κ2) is 4.68. The lowest BCUT2D eigenvalue weighted by Gasteiger charge is -2.14. The summed E-state index contributed by atoms with van der Waals surface area (Å²) < 4.78 is 0. The second-order valence-electron chi connectivity index (χ2n) is 2.29. The molecule has 0 bridgehead atoms. The molecule has 0 aliphatic carbocycles. The first kappa shape index (κ1) is 10.9. The molecule has 0 rings (SSSR count). The average molecular weight is 178 g/mol. The maximum absolute atomic E-state index is 10.3. The molecule has 6 nitrogen and oxygen atoms in total. The number of carboxylic acid groups (broad SMARTS) is 2. The summed E-state index contributed by atoms with van der Waals surface area (Å²) in [5.74, 6) is -4.21. The summed E-state index contributed by atoms with van der Waals surface area (Å²) in [6.07, 6.45) is -2.23. The van der Waals surface area contributed by atoms with Gasteiger partial charge in [0.1, 0.15) is 0 Å². The van der Waals surface area contributed by atoms with E-state index in [4.69, 9.17) is 20.4 Å². The lowest BCUT2D eigenvalue weighted by Crippen LogP contribution is -2.32. The first-order valence-corrected chi connectivity index (χ1v) is 3.22. The van der Waals surface area contributed by atoms with Gasteiger partial charge in [0, 0.05) is 0 Å². The number of rotatable bonds is 5. The van der Waals surface area contributed by atoms with Crippen molar-refractivity contribution in [1.82, 2.24) is 0 Å². The third-order valence-electron chi connectivity index (χ3n) is 1.36. The lowest BCUT2D eigenvalue weighted by molar-refractivity contribution is -0.153. The monoisotopic (exact) mass is 178 g/mol. The molecule has 0 saturated carbocycles. The molecular weight excluding hydrogens is 168 g/mol. The van der Waals surface area contributed by atoms with E-state index in [1.54, 1.807) is 0 Å². The highest BCUT2D eigenvalue weighted by Crippen LogP contribution is 2.08. The van der Waals surface area contributed by atoms with E-state index >= 15 is 0 Å². The maximum atomic E-state index is 10.3. The van der Waals surface area contributed by atoms with Crippen LogP contribution in [0.25, 0.3) is 0 Å².